The van der Waals surface area contributed by atoms with E-state index < -0.39 is 0 Å². The largest absolute Gasteiger partial charge is 0.272 e. The van der Waals surface area contributed by atoms with Crippen LogP contribution in [0.25, 0.3) is 11.1 Å². The first-order chi connectivity index (χ1) is 9.34. The topological polar surface area (TPSA) is 34.9 Å². The Hall–Kier alpha value is -2.68. The van der Waals surface area contributed by atoms with Crippen molar-refractivity contribution in [2.75, 3.05) is 0 Å². The Kier molecular flexibility index (Phi) is 2.94. The lowest BCUT2D eigenvalue weighted by atomic mass is 10.0. The number of rotatable bonds is 2. The third kappa shape index (κ3) is 2.31. The number of hydrogen-bond donors (Lipinski definition) is 0. The van der Waals surface area contributed by atoms with Crippen molar-refractivity contribution in [3.05, 3.63) is 78.9 Å². The van der Waals surface area contributed by atoms with Crippen molar-refractivity contribution in [2.45, 2.75) is 0 Å². The van der Waals surface area contributed by atoms with Crippen molar-refractivity contribution >= 4 is 5.91 Å². The summed E-state index contributed by atoms with van der Waals surface area (Å²) in [6.45, 7) is 0. The molecule has 0 amide bonds. The zero-order valence-corrected chi connectivity index (χ0v) is 10.2. The molecule has 0 aliphatic carbocycles. The van der Waals surface area contributed by atoms with Crippen molar-refractivity contribution in [1.29, 1.82) is 0 Å². The highest BCUT2D eigenvalue weighted by atomic mass is 16.2. The smallest absolute Gasteiger partial charge is 0.263 e. The van der Waals surface area contributed by atoms with Gasteiger partial charge >= 0.3 is 0 Å². The van der Waals surface area contributed by atoms with Crippen LogP contribution in [0.1, 0.15) is 10.4 Å². The molecule has 3 rings (SSSR count). The van der Waals surface area contributed by atoms with Gasteiger partial charge in [-0.3, -0.25) is 9.36 Å². The van der Waals surface area contributed by atoms with Gasteiger partial charge in [-0.1, -0.05) is 42.5 Å². The SMILES string of the molecule is O=C(c1ccc(-c2ccccc2)cc1)n1ccnc1. The van der Waals surface area contributed by atoms with Gasteiger partial charge in [-0.2, -0.15) is 0 Å². The lowest BCUT2D eigenvalue weighted by molar-refractivity contribution is 0.0960. The molecule has 0 fully saturated rings. The second kappa shape index (κ2) is 4.90. The Balaban J connectivity index is 1.90. The van der Waals surface area contributed by atoms with E-state index in [1.165, 1.54) is 10.9 Å². The number of benzene rings is 2. The van der Waals surface area contributed by atoms with E-state index in [2.05, 4.69) is 4.98 Å². The fourth-order valence-electron chi connectivity index (χ4n) is 1.96. The van der Waals surface area contributed by atoms with Crippen LogP contribution in [-0.4, -0.2) is 15.5 Å². The lowest BCUT2D eigenvalue weighted by Crippen LogP contribution is -2.09. The number of hydrogen-bond acceptors (Lipinski definition) is 2. The van der Waals surface area contributed by atoms with Gasteiger partial charge in [0.25, 0.3) is 5.91 Å². The zero-order valence-electron chi connectivity index (χ0n) is 10.2. The molecule has 3 heteroatoms. The van der Waals surface area contributed by atoms with E-state index in [0.29, 0.717) is 5.56 Å². The maximum Gasteiger partial charge on any atom is 0.263 e. The Morgan fingerprint density at radius 1 is 0.895 bits per heavy atom. The van der Waals surface area contributed by atoms with Gasteiger partial charge in [-0.15, -0.1) is 0 Å². The number of carbonyl (C=O) groups excluding carboxylic acids is 1. The van der Waals surface area contributed by atoms with Crippen LogP contribution in [0.4, 0.5) is 0 Å². The summed E-state index contributed by atoms with van der Waals surface area (Å²) in [4.78, 5) is 16.0. The Labute approximate surface area is 111 Å². The average molecular weight is 248 g/mol. The van der Waals surface area contributed by atoms with Crippen LogP contribution < -0.4 is 0 Å². The molecule has 0 saturated carbocycles. The highest BCUT2D eigenvalue weighted by Crippen LogP contribution is 2.19. The molecule has 1 heterocycles. The van der Waals surface area contributed by atoms with Gasteiger partial charge in [0.1, 0.15) is 6.33 Å². The summed E-state index contributed by atoms with van der Waals surface area (Å²) in [6, 6.07) is 17.7. The average Bonchev–Trinajstić information content (AvgIpc) is 3.02. The fourth-order valence-corrected chi connectivity index (χ4v) is 1.96. The molecular weight excluding hydrogens is 236 g/mol. The monoisotopic (exact) mass is 248 g/mol. The predicted molar refractivity (Wildman–Crippen MR) is 73.8 cm³/mol. The lowest BCUT2D eigenvalue weighted by Gasteiger charge is -2.04. The summed E-state index contributed by atoms with van der Waals surface area (Å²) in [7, 11) is 0. The minimum atomic E-state index is -0.0721. The number of nitrogens with zero attached hydrogens (tertiary/aromatic N) is 2. The Morgan fingerprint density at radius 3 is 2.21 bits per heavy atom. The van der Waals surface area contributed by atoms with Crippen molar-refractivity contribution < 1.29 is 4.79 Å². The van der Waals surface area contributed by atoms with E-state index in [1.807, 2.05) is 54.6 Å². The third-order valence-electron chi connectivity index (χ3n) is 2.98. The van der Waals surface area contributed by atoms with E-state index in [4.69, 9.17) is 0 Å². The summed E-state index contributed by atoms with van der Waals surface area (Å²) >= 11 is 0. The predicted octanol–water partition coefficient (Wildman–Crippen LogP) is 3.24. The van der Waals surface area contributed by atoms with Crippen LogP contribution in [0.5, 0.6) is 0 Å². The van der Waals surface area contributed by atoms with E-state index in [1.54, 1.807) is 12.4 Å². The highest BCUT2D eigenvalue weighted by Gasteiger charge is 2.07. The van der Waals surface area contributed by atoms with Crippen LogP contribution in [0.2, 0.25) is 0 Å². The van der Waals surface area contributed by atoms with Crippen molar-refractivity contribution in [3.8, 4) is 11.1 Å². The molecule has 19 heavy (non-hydrogen) atoms. The maximum atomic E-state index is 12.1. The Morgan fingerprint density at radius 2 is 1.58 bits per heavy atom. The molecule has 2 aromatic carbocycles. The molecule has 0 saturated heterocycles. The highest BCUT2D eigenvalue weighted by molar-refractivity contribution is 5.96. The molecule has 0 bridgehead atoms. The van der Waals surface area contributed by atoms with Crippen LogP contribution in [0, 0.1) is 0 Å². The van der Waals surface area contributed by atoms with E-state index in [9.17, 15) is 4.79 Å². The van der Waals surface area contributed by atoms with Gasteiger partial charge in [0.2, 0.25) is 0 Å². The van der Waals surface area contributed by atoms with Crippen LogP contribution in [-0.2, 0) is 0 Å². The molecule has 0 aliphatic rings. The summed E-state index contributed by atoms with van der Waals surface area (Å²) in [5, 5.41) is 0. The van der Waals surface area contributed by atoms with Gasteiger partial charge in [0.05, 0.1) is 0 Å². The molecule has 0 unspecified atom stereocenters. The van der Waals surface area contributed by atoms with Gasteiger partial charge in [0, 0.05) is 18.0 Å². The summed E-state index contributed by atoms with van der Waals surface area (Å²) in [5.74, 6) is -0.0721. The van der Waals surface area contributed by atoms with E-state index >= 15 is 0 Å². The summed E-state index contributed by atoms with van der Waals surface area (Å²) < 4.78 is 1.47. The van der Waals surface area contributed by atoms with Crippen LogP contribution in [0.3, 0.4) is 0 Å². The molecule has 0 atom stereocenters. The van der Waals surface area contributed by atoms with Gasteiger partial charge in [0.15, 0.2) is 0 Å². The van der Waals surface area contributed by atoms with Crippen molar-refractivity contribution in [3.63, 3.8) is 0 Å². The molecule has 0 N–H and O–H groups in total. The molecular formula is C16H12N2O. The second-order valence-corrected chi connectivity index (χ2v) is 4.22. The number of carbonyl (C=O) groups is 1. The molecule has 0 aliphatic heterocycles. The summed E-state index contributed by atoms with van der Waals surface area (Å²) in [6.07, 6.45) is 4.75. The first kappa shape index (κ1) is 11.4. The molecule has 3 nitrogen and oxygen atoms in total. The quantitative estimate of drug-likeness (QED) is 0.697. The molecule has 3 aromatic rings. The molecule has 1 aromatic heterocycles. The summed E-state index contributed by atoms with van der Waals surface area (Å²) in [5.41, 5.74) is 2.89. The van der Waals surface area contributed by atoms with Crippen LogP contribution in [0.15, 0.2) is 73.3 Å². The zero-order chi connectivity index (χ0) is 13.1. The normalized spacial score (nSPS) is 10.3. The second-order valence-electron chi connectivity index (χ2n) is 4.22. The number of aromatic nitrogens is 2. The van der Waals surface area contributed by atoms with Crippen molar-refractivity contribution in [1.82, 2.24) is 9.55 Å². The molecule has 0 radical (unpaired) electrons. The molecule has 0 spiro atoms. The van der Waals surface area contributed by atoms with E-state index in [0.717, 1.165) is 11.1 Å². The first-order valence-corrected chi connectivity index (χ1v) is 6.03. The fraction of sp³-hybridized carbons (Fsp3) is 0. The minimum Gasteiger partial charge on any atom is -0.272 e. The third-order valence-corrected chi connectivity index (χ3v) is 2.98. The maximum absolute atomic E-state index is 12.1. The van der Waals surface area contributed by atoms with Crippen molar-refractivity contribution in [2.24, 2.45) is 0 Å². The molecule has 92 valence electrons. The van der Waals surface area contributed by atoms with Crippen LogP contribution >= 0.6 is 0 Å². The standard InChI is InChI=1S/C16H12N2O/c19-16(18-11-10-17-12-18)15-8-6-14(7-9-15)13-4-2-1-3-5-13/h1-12H. The van der Waals surface area contributed by atoms with E-state index in [-0.39, 0.29) is 5.91 Å². The number of imidazole rings is 1. The van der Waals surface area contributed by atoms with Gasteiger partial charge in [-0.25, -0.2) is 4.98 Å². The van der Waals surface area contributed by atoms with Gasteiger partial charge in [-0.05, 0) is 23.3 Å². The minimum absolute atomic E-state index is 0.0721. The Bertz CT molecular complexity index is 671. The first-order valence-electron chi connectivity index (χ1n) is 6.03. The van der Waals surface area contributed by atoms with Gasteiger partial charge < -0.3 is 0 Å².